The standard InChI is InChI=1S/C41H59F3N6O9S/c1-13-26(24-15-14-16-25(19-24)41(42,43)44)32(51)50-37-27(38(56)58-12)23(8)31(60-37)36(55)46-18-17-45-33(52)28(20(2)3)47-34(53)29(21(4)5)48-35(54)30(22(6)7)49-39(57)59-40(9,10)11/h14-16,19-22,26,28-30H,13,17-18H2,1-12H3,(H,45,52)(H,46,55)(H,47,53)(H,48,54)(H,49,57)(H,50,51)/t26?,28-,29-,30-/m0/s1. The fraction of sp³-hybridized carbons (Fsp3) is 0.585. The van der Waals surface area contributed by atoms with Crippen molar-refractivity contribution in [1.29, 1.82) is 0 Å². The number of hydrogen-bond donors (Lipinski definition) is 6. The van der Waals surface area contributed by atoms with Crippen molar-refractivity contribution in [2.24, 2.45) is 17.8 Å². The van der Waals surface area contributed by atoms with Crippen molar-refractivity contribution in [3.8, 4) is 0 Å². The summed E-state index contributed by atoms with van der Waals surface area (Å²) < 4.78 is 50.3. The molecule has 6 N–H and O–H groups in total. The first-order valence-corrected chi connectivity index (χ1v) is 20.4. The number of esters is 1. The highest BCUT2D eigenvalue weighted by molar-refractivity contribution is 7.18. The van der Waals surface area contributed by atoms with Crippen LogP contribution in [0.2, 0.25) is 0 Å². The van der Waals surface area contributed by atoms with Gasteiger partial charge in [-0.25, -0.2) is 9.59 Å². The number of hydrogen-bond acceptors (Lipinski definition) is 10. The molecule has 2 aromatic rings. The average molecular weight is 869 g/mol. The van der Waals surface area contributed by atoms with Crippen molar-refractivity contribution in [2.45, 2.75) is 118 Å². The first-order valence-electron chi connectivity index (χ1n) is 19.6. The van der Waals surface area contributed by atoms with E-state index in [1.807, 2.05) is 0 Å². The Morgan fingerprint density at radius 1 is 0.750 bits per heavy atom. The zero-order chi connectivity index (χ0) is 45.9. The lowest BCUT2D eigenvalue weighted by atomic mass is 9.94. The van der Waals surface area contributed by atoms with E-state index in [4.69, 9.17) is 9.47 Å². The van der Waals surface area contributed by atoms with Gasteiger partial charge in [-0.1, -0.05) is 66.7 Å². The molecule has 0 fully saturated rings. The normalized spacial score (nSPS) is 13.8. The van der Waals surface area contributed by atoms with E-state index in [2.05, 4.69) is 31.9 Å². The van der Waals surface area contributed by atoms with Crippen molar-refractivity contribution in [3.05, 3.63) is 51.4 Å². The molecule has 0 aliphatic rings. The van der Waals surface area contributed by atoms with Gasteiger partial charge in [-0.15, -0.1) is 11.3 Å². The highest BCUT2D eigenvalue weighted by atomic mass is 32.1. The molecular formula is C41H59F3N6O9S. The molecule has 334 valence electrons. The number of benzene rings is 1. The number of carbonyl (C=O) groups excluding carboxylic acids is 7. The van der Waals surface area contributed by atoms with Gasteiger partial charge in [0.1, 0.15) is 28.7 Å². The van der Waals surface area contributed by atoms with Gasteiger partial charge in [0.15, 0.2) is 0 Å². The first kappa shape index (κ1) is 50.9. The fourth-order valence-corrected chi connectivity index (χ4v) is 7.06. The lowest BCUT2D eigenvalue weighted by molar-refractivity contribution is -0.137. The Morgan fingerprint density at radius 3 is 1.75 bits per heavy atom. The zero-order valence-corrected chi connectivity index (χ0v) is 37.0. The highest BCUT2D eigenvalue weighted by Crippen LogP contribution is 2.36. The lowest BCUT2D eigenvalue weighted by Gasteiger charge is -2.29. The Kier molecular flexibility index (Phi) is 18.6. The average Bonchev–Trinajstić information content (AvgIpc) is 3.46. The van der Waals surface area contributed by atoms with Gasteiger partial charge in [0.05, 0.1) is 29.0 Å². The SMILES string of the molecule is CCC(C(=O)Nc1sc(C(=O)NCCNC(=O)[C@@H](NC(=O)[C@@H](NC(=O)[C@@H](NC(=O)OC(C)(C)C)C(C)C)C(C)C)C(C)C)c(C)c1C(=O)OC)c1cccc(C(F)(F)F)c1. The topological polar surface area (TPSA) is 210 Å². The van der Waals surface area contributed by atoms with Crippen LogP contribution in [0.3, 0.4) is 0 Å². The molecule has 2 rings (SSSR count). The number of methoxy groups -OCH3 is 1. The van der Waals surface area contributed by atoms with Crippen LogP contribution in [0.15, 0.2) is 24.3 Å². The van der Waals surface area contributed by atoms with Crippen molar-refractivity contribution >= 4 is 57.9 Å². The third kappa shape index (κ3) is 14.5. The molecule has 0 bridgehead atoms. The Labute approximate surface area is 353 Å². The van der Waals surface area contributed by atoms with E-state index in [0.717, 1.165) is 30.6 Å². The van der Waals surface area contributed by atoms with Crippen LogP contribution >= 0.6 is 11.3 Å². The van der Waals surface area contributed by atoms with Crippen LogP contribution < -0.4 is 31.9 Å². The van der Waals surface area contributed by atoms with Gasteiger partial charge in [0, 0.05) is 13.1 Å². The number of ether oxygens (including phenoxy) is 2. The van der Waals surface area contributed by atoms with Crippen LogP contribution in [0.25, 0.3) is 0 Å². The summed E-state index contributed by atoms with van der Waals surface area (Å²) in [4.78, 5) is 92.1. The Morgan fingerprint density at radius 2 is 1.27 bits per heavy atom. The van der Waals surface area contributed by atoms with E-state index in [1.54, 1.807) is 69.2 Å². The molecule has 1 heterocycles. The van der Waals surface area contributed by atoms with Crippen LogP contribution in [0.4, 0.5) is 23.0 Å². The molecule has 1 aromatic heterocycles. The second-order valence-corrected chi connectivity index (χ2v) is 17.2. The molecule has 6 amide bonds. The molecule has 60 heavy (non-hydrogen) atoms. The summed E-state index contributed by atoms with van der Waals surface area (Å²) in [6.45, 7) is 18.3. The van der Waals surface area contributed by atoms with Crippen molar-refractivity contribution in [2.75, 3.05) is 25.5 Å². The second-order valence-electron chi connectivity index (χ2n) is 16.2. The maximum Gasteiger partial charge on any atom is 0.416 e. The van der Waals surface area contributed by atoms with Crippen molar-refractivity contribution in [3.63, 3.8) is 0 Å². The van der Waals surface area contributed by atoms with E-state index >= 15 is 0 Å². The summed E-state index contributed by atoms with van der Waals surface area (Å²) in [5.41, 5.74) is -1.51. The zero-order valence-electron chi connectivity index (χ0n) is 36.2. The van der Waals surface area contributed by atoms with Crippen LogP contribution in [0, 0.1) is 24.7 Å². The Bertz CT molecular complexity index is 1870. The maximum atomic E-state index is 13.5. The van der Waals surface area contributed by atoms with E-state index in [-0.39, 0.29) is 52.0 Å². The first-order chi connectivity index (χ1) is 27.7. The van der Waals surface area contributed by atoms with Gasteiger partial charge in [-0.2, -0.15) is 13.2 Å². The van der Waals surface area contributed by atoms with Crippen LogP contribution in [-0.2, 0) is 34.8 Å². The van der Waals surface area contributed by atoms with Gasteiger partial charge >= 0.3 is 18.2 Å². The van der Waals surface area contributed by atoms with Gasteiger partial charge in [0.25, 0.3) is 5.91 Å². The van der Waals surface area contributed by atoms with Gasteiger partial charge in [0.2, 0.25) is 23.6 Å². The third-order valence-electron chi connectivity index (χ3n) is 9.15. The summed E-state index contributed by atoms with van der Waals surface area (Å²) in [6, 6.07) is 1.27. The lowest BCUT2D eigenvalue weighted by Crippen LogP contribution is -2.60. The molecule has 0 saturated carbocycles. The predicted octanol–water partition coefficient (Wildman–Crippen LogP) is 5.67. The quantitative estimate of drug-likeness (QED) is 0.0804. The summed E-state index contributed by atoms with van der Waals surface area (Å²) in [6.07, 6.45) is -5.28. The molecule has 1 aromatic carbocycles. The van der Waals surface area contributed by atoms with E-state index in [1.165, 1.54) is 19.1 Å². The molecule has 15 nitrogen and oxygen atoms in total. The number of alkyl carbamates (subject to hydrolysis) is 1. The van der Waals surface area contributed by atoms with Gasteiger partial charge in [-0.05, 0) is 69.1 Å². The van der Waals surface area contributed by atoms with Crippen molar-refractivity contribution < 1.29 is 56.2 Å². The van der Waals surface area contributed by atoms with Gasteiger partial charge < -0.3 is 41.4 Å². The van der Waals surface area contributed by atoms with Crippen LogP contribution in [0.1, 0.15) is 118 Å². The number of rotatable bonds is 18. The van der Waals surface area contributed by atoms with Crippen molar-refractivity contribution in [1.82, 2.24) is 26.6 Å². The number of amides is 6. The number of anilines is 1. The number of carbonyl (C=O) groups is 7. The number of thiophene rings is 1. The Balaban J connectivity index is 2.13. The maximum absolute atomic E-state index is 13.5. The predicted molar refractivity (Wildman–Crippen MR) is 220 cm³/mol. The minimum Gasteiger partial charge on any atom is -0.465 e. The summed E-state index contributed by atoms with van der Waals surface area (Å²) in [7, 11) is 1.12. The smallest absolute Gasteiger partial charge is 0.416 e. The molecule has 1 unspecified atom stereocenters. The molecule has 0 aliphatic heterocycles. The molecule has 19 heteroatoms. The number of nitrogens with one attached hydrogen (secondary N) is 6. The fourth-order valence-electron chi connectivity index (χ4n) is 5.95. The highest BCUT2D eigenvalue weighted by Gasteiger charge is 2.35. The molecule has 0 radical (unpaired) electrons. The van der Waals surface area contributed by atoms with Crippen LogP contribution in [0.5, 0.6) is 0 Å². The minimum absolute atomic E-state index is 0.0290. The number of halogens is 3. The molecule has 0 aliphatic carbocycles. The van der Waals surface area contributed by atoms with E-state index < -0.39 is 94.8 Å². The van der Waals surface area contributed by atoms with E-state index in [9.17, 15) is 46.7 Å². The minimum atomic E-state index is -4.62. The monoisotopic (exact) mass is 868 g/mol. The summed E-state index contributed by atoms with van der Waals surface area (Å²) in [5, 5.41) is 15.9. The van der Waals surface area contributed by atoms with E-state index in [0.29, 0.717) is 0 Å². The van der Waals surface area contributed by atoms with Crippen LogP contribution in [-0.4, -0.2) is 85.5 Å². The third-order valence-corrected chi connectivity index (χ3v) is 10.4. The Hall–Kier alpha value is -5.20. The summed E-state index contributed by atoms with van der Waals surface area (Å²) in [5.74, 6) is -6.17. The molecule has 0 spiro atoms. The molecule has 4 atom stereocenters. The summed E-state index contributed by atoms with van der Waals surface area (Å²) >= 11 is 0.777. The van der Waals surface area contributed by atoms with Gasteiger partial charge in [-0.3, -0.25) is 24.0 Å². The molecule has 0 saturated heterocycles. The second kappa shape index (κ2) is 21.9. The largest absolute Gasteiger partial charge is 0.465 e. The number of alkyl halides is 3. The molecular weight excluding hydrogens is 810 g/mol.